The van der Waals surface area contributed by atoms with E-state index in [1.165, 1.54) is 35.5 Å². The summed E-state index contributed by atoms with van der Waals surface area (Å²) in [5, 5.41) is 2.90. The third-order valence-corrected chi connectivity index (χ3v) is 6.38. The van der Waals surface area contributed by atoms with Gasteiger partial charge in [-0.25, -0.2) is 8.42 Å². The van der Waals surface area contributed by atoms with E-state index in [2.05, 4.69) is 10.1 Å². The molecule has 0 radical (unpaired) electrons. The Hall–Kier alpha value is -3.14. The van der Waals surface area contributed by atoms with Gasteiger partial charge < -0.3 is 29.0 Å². The predicted octanol–water partition coefficient (Wildman–Crippen LogP) is 2.46. The molecule has 176 valence electrons. The summed E-state index contributed by atoms with van der Waals surface area (Å²) >= 11 is 0. The Morgan fingerprint density at radius 1 is 0.875 bits per heavy atom. The number of nitrogens with one attached hydrogen (secondary N) is 1. The molecule has 32 heavy (non-hydrogen) atoms. The molecular weight excluding hydrogens is 438 g/mol. The van der Waals surface area contributed by atoms with Gasteiger partial charge in [0.25, 0.3) is 0 Å². The van der Waals surface area contributed by atoms with Crippen LogP contribution in [-0.4, -0.2) is 62.2 Å². The monoisotopic (exact) mass is 467 g/mol. The molecule has 0 saturated carbocycles. The highest BCUT2D eigenvalue weighted by Crippen LogP contribution is 2.35. The number of rotatable bonds is 12. The fourth-order valence-electron chi connectivity index (χ4n) is 3.13. The SMILES string of the molecule is COC(=O)CNc1cc(CS(=O)(=O)CCc2c(OC)cc(OC)cc2OC)ccc1OC. The first-order valence-corrected chi connectivity index (χ1v) is 11.6. The van der Waals surface area contributed by atoms with Crippen LogP contribution in [0.25, 0.3) is 0 Å². The van der Waals surface area contributed by atoms with Gasteiger partial charge in [0.2, 0.25) is 0 Å². The third kappa shape index (κ3) is 6.68. The molecule has 0 unspecified atom stereocenters. The molecule has 0 saturated heterocycles. The van der Waals surface area contributed by atoms with E-state index in [1.807, 2.05) is 0 Å². The molecule has 2 aromatic rings. The lowest BCUT2D eigenvalue weighted by Gasteiger charge is -2.15. The first-order valence-electron chi connectivity index (χ1n) is 9.73. The second kappa shape index (κ2) is 11.5. The first kappa shape index (κ1) is 25.1. The summed E-state index contributed by atoms with van der Waals surface area (Å²) in [4.78, 5) is 11.4. The quantitative estimate of drug-likeness (QED) is 0.471. The Morgan fingerprint density at radius 2 is 1.50 bits per heavy atom. The molecule has 0 heterocycles. The van der Waals surface area contributed by atoms with Gasteiger partial charge in [0.1, 0.15) is 29.5 Å². The fraction of sp³-hybridized carbons (Fsp3) is 0.409. The highest BCUT2D eigenvalue weighted by molar-refractivity contribution is 7.90. The molecule has 0 aliphatic rings. The summed E-state index contributed by atoms with van der Waals surface area (Å²) in [5.41, 5.74) is 1.71. The number of ether oxygens (including phenoxy) is 5. The van der Waals surface area contributed by atoms with Crippen molar-refractivity contribution in [1.82, 2.24) is 0 Å². The molecule has 9 nitrogen and oxygen atoms in total. The number of methoxy groups -OCH3 is 5. The van der Waals surface area contributed by atoms with Crippen LogP contribution in [0.5, 0.6) is 23.0 Å². The van der Waals surface area contributed by atoms with E-state index in [0.717, 1.165) is 0 Å². The summed E-state index contributed by atoms with van der Waals surface area (Å²) in [5.74, 6) is 1.30. The zero-order valence-corrected chi connectivity index (χ0v) is 19.7. The van der Waals surface area contributed by atoms with Crippen LogP contribution in [0.3, 0.4) is 0 Å². The Balaban J connectivity index is 2.18. The van der Waals surface area contributed by atoms with Gasteiger partial charge in [-0.15, -0.1) is 0 Å². The molecule has 0 bridgehead atoms. The number of sulfone groups is 1. The van der Waals surface area contributed by atoms with Crippen molar-refractivity contribution in [2.45, 2.75) is 12.2 Å². The average Bonchev–Trinajstić information content (AvgIpc) is 2.80. The van der Waals surface area contributed by atoms with Crippen LogP contribution in [0.1, 0.15) is 11.1 Å². The van der Waals surface area contributed by atoms with Crippen molar-refractivity contribution in [3.63, 3.8) is 0 Å². The molecule has 2 aromatic carbocycles. The van der Waals surface area contributed by atoms with Gasteiger partial charge in [-0.1, -0.05) is 6.07 Å². The maximum absolute atomic E-state index is 12.8. The van der Waals surface area contributed by atoms with E-state index in [1.54, 1.807) is 30.3 Å². The van der Waals surface area contributed by atoms with Crippen molar-refractivity contribution in [3.8, 4) is 23.0 Å². The summed E-state index contributed by atoms with van der Waals surface area (Å²) in [7, 11) is 3.85. The van der Waals surface area contributed by atoms with Gasteiger partial charge >= 0.3 is 5.97 Å². The number of carbonyl (C=O) groups excluding carboxylic acids is 1. The fourth-order valence-corrected chi connectivity index (χ4v) is 4.48. The van der Waals surface area contributed by atoms with Crippen LogP contribution in [0.4, 0.5) is 5.69 Å². The van der Waals surface area contributed by atoms with Crippen LogP contribution < -0.4 is 24.3 Å². The number of esters is 1. The minimum absolute atomic E-state index is 0.0693. The molecule has 10 heteroatoms. The van der Waals surface area contributed by atoms with Crippen molar-refractivity contribution in [1.29, 1.82) is 0 Å². The number of anilines is 1. The lowest BCUT2D eigenvalue weighted by Crippen LogP contribution is -2.16. The first-order chi connectivity index (χ1) is 15.3. The highest BCUT2D eigenvalue weighted by Gasteiger charge is 2.19. The third-order valence-electron chi connectivity index (χ3n) is 4.78. The summed E-state index contributed by atoms with van der Waals surface area (Å²) in [6.07, 6.45) is 0.211. The summed E-state index contributed by atoms with van der Waals surface area (Å²) in [6.45, 7) is -0.0693. The molecule has 2 rings (SSSR count). The highest BCUT2D eigenvalue weighted by atomic mass is 32.2. The van der Waals surface area contributed by atoms with Crippen LogP contribution in [0.15, 0.2) is 30.3 Å². The van der Waals surface area contributed by atoms with E-state index < -0.39 is 15.8 Å². The van der Waals surface area contributed by atoms with Crippen molar-refractivity contribution in [2.75, 3.05) is 53.2 Å². The Morgan fingerprint density at radius 3 is 2.03 bits per heavy atom. The topological polar surface area (TPSA) is 109 Å². The number of benzene rings is 2. The Labute approximate surface area is 188 Å². The number of hydrogen-bond acceptors (Lipinski definition) is 9. The second-order valence-corrected chi connectivity index (χ2v) is 9.00. The number of hydrogen-bond donors (Lipinski definition) is 1. The summed E-state index contributed by atoms with van der Waals surface area (Å²) in [6, 6.07) is 8.35. The standard InChI is InChI=1S/C22H29NO8S/c1-27-16-11-20(29-3)17(21(12-16)30-4)8-9-32(25,26)14-15-6-7-19(28-2)18(10-15)23-13-22(24)31-5/h6-7,10-12,23H,8-9,13-14H2,1-5H3. The maximum Gasteiger partial charge on any atom is 0.325 e. The van der Waals surface area contributed by atoms with Crippen molar-refractivity contribution < 1.29 is 36.9 Å². The van der Waals surface area contributed by atoms with Crippen molar-refractivity contribution in [3.05, 3.63) is 41.5 Å². The van der Waals surface area contributed by atoms with Crippen LogP contribution in [0.2, 0.25) is 0 Å². The minimum Gasteiger partial charge on any atom is -0.496 e. The molecule has 0 aromatic heterocycles. The van der Waals surface area contributed by atoms with Crippen molar-refractivity contribution in [2.24, 2.45) is 0 Å². The molecule has 0 atom stereocenters. The van der Waals surface area contributed by atoms with Gasteiger partial charge in [-0.05, 0) is 24.1 Å². The van der Waals surface area contributed by atoms with Crippen LogP contribution >= 0.6 is 0 Å². The van der Waals surface area contributed by atoms with Gasteiger partial charge in [-0.3, -0.25) is 4.79 Å². The Kier molecular flexibility index (Phi) is 9.01. The predicted molar refractivity (Wildman–Crippen MR) is 121 cm³/mol. The van der Waals surface area contributed by atoms with Gasteiger partial charge in [-0.2, -0.15) is 0 Å². The van der Waals surface area contributed by atoms with Gasteiger partial charge in [0, 0.05) is 17.7 Å². The molecule has 0 aliphatic carbocycles. The van der Waals surface area contributed by atoms with E-state index in [0.29, 0.717) is 39.8 Å². The van der Waals surface area contributed by atoms with Crippen molar-refractivity contribution >= 4 is 21.5 Å². The molecule has 0 fully saturated rings. The molecule has 0 spiro atoms. The number of carbonyl (C=O) groups is 1. The maximum atomic E-state index is 12.8. The summed E-state index contributed by atoms with van der Waals surface area (Å²) < 4.78 is 51.6. The molecular formula is C22H29NO8S. The van der Waals surface area contributed by atoms with E-state index >= 15 is 0 Å². The lowest BCUT2D eigenvalue weighted by molar-refractivity contribution is -0.138. The molecule has 1 N–H and O–H groups in total. The van der Waals surface area contributed by atoms with E-state index in [9.17, 15) is 13.2 Å². The lowest BCUT2D eigenvalue weighted by atomic mass is 10.1. The van der Waals surface area contributed by atoms with E-state index in [-0.39, 0.29) is 24.5 Å². The van der Waals surface area contributed by atoms with Gasteiger partial charge in [0.15, 0.2) is 9.84 Å². The molecule has 0 aliphatic heterocycles. The zero-order chi connectivity index (χ0) is 23.7. The van der Waals surface area contributed by atoms with E-state index in [4.69, 9.17) is 18.9 Å². The Bertz CT molecular complexity index is 1010. The minimum atomic E-state index is -3.47. The van der Waals surface area contributed by atoms with Gasteiger partial charge in [0.05, 0.1) is 52.7 Å². The van der Waals surface area contributed by atoms with Crippen LogP contribution in [-0.2, 0) is 31.5 Å². The molecule has 0 amide bonds. The second-order valence-electron chi connectivity index (χ2n) is 6.82. The smallest absolute Gasteiger partial charge is 0.325 e. The normalized spacial score (nSPS) is 10.9. The van der Waals surface area contributed by atoms with Crippen LogP contribution in [0, 0.1) is 0 Å². The zero-order valence-electron chi connectivity index (χ0n) is 18.9. The average molecular weight is 468 g/mol. The largest absolute Gasteiger partial charge is 0.496 e.